The van der Waals surface area contributed by atoms with Gasteiger partial charge >= 0.3 is 5.97 Å². The molecule has 34 heavy (non-hydrogen) atoms. The molecule has 0 spiro atoms. The zero-order valence-electron chi connectivity index (χ0n) is 19.5. The normalized spacial score (nSPS) is 20.1. The average Bonchev–Trinajstić information content (AvgIpc) is 3.03. The van der Waals surface area contributed by atoms with E-state index in [-0.39, 0.29) is 11.2 Å². The van der Waals surface area contributed by atoms with Gasteiger partial charge in [-0.3, -0.25) is 4.98 Å². The molecule has 2 aromatic heterocycles. The van der Waals surface area contributed by atoms with Crippen molar-refractivity contribution in [1.82, 2.24) is 14.8 Å². The second-order valence-corrected chi connectivity index (χ2v) is 11.0. The number of nitrogens with one attached hydrogen (secondary N) is 1. The Kier molecular flexibility index (Phi) is 6.97. The lowest BCUT2D eigenvalue weighted by molar-refractivity contribution is -0.143. The van der Waals surface area contributed by atoms with E-state index in [4.69, 9.17) is 9.84 Å². The Morgan fingerprint density at radius 1 is 1.29 bits per heavy atom. The molecule has 0 amide bonds. The number of ether oxygens (including phenoxy) is 1. The molecule has 3 heterocycles. The lowest BCUT2D eigenvalue weighted by atomic mass is 9.85. The number of rotatable bonds is 6. The summed E-state index contributed by atoms with van der Waals surface area (Å²) in [7, 11) is 0. The van der Waals surface area contributed by atoms with Crippen molar-refractivity contribution in [2.24, 2.45) is 5.92 Å². The fourth-order valence-corrected chi connectivity index (χ4v) is 6.57. The molecule has 1 N–H and O–H groups in total. The second-order valence-electron chi connectivity index (χ2n) is 8.97. The van der Waals surface area contributed by atoms with Crippen LogP contribution in [0.2, 0.25) is 0 Å². The van der Waals surface area contributed by atoms with Gasteiger partial charge in [0.1, 0.15) is 17.6 Å². The van der Waals surface area contributed by atoms with Gasteiger partial charge in [0, 0.05) is 28.5 Å². The van der Waals surface area contributed by atoms with E-state index in [1.165, 1.54) is 30.4 Å². The number of hydrogen-bond acceptors (Lipinski definition) is 6. The zero-order chi connectivity index (χ0) is 23.7. The Balaban J connectivity index is 1.68. The molecule has 0 radical (unpaired) electrons. The van der Waals surface area contributed by atoms with Crippen molar-refractivity contribution >= 4 is 39.5 Å². The van der Waals surface area contributed by atoms with Crippen LogP contribution in [0.5, 0.6) is 0 Å². The SMILES string of the molecule is CCOC(=O)[C@@H]1CS[C@@H](c2ccc(Br)cc2C)c2c(-c3ccccn3)nn(CC3CCC3)c2N1. The predicted molar refractivity (Wildman–Crippen MR) is 140 cm³/mol. The molecular weight excluding hydrogens is 512 g/mol. The standard InChI is InChI=1S/C26H29BrN4O2S/c1-3-33-26(32)21-15-34-24(19-11-10-18(27)13-16(19)2)22-23(20-9-4-5-12-28-20)30-31(25(22)29-21)14-17-7-6-8-17/h4-5,9-13,17,21,24,29H,3,6-8,14-15H2,1-2H3/t21-,24-/m0/s1. The number of fused-ring (bicyclic) bond motifs is 1. The molecule has 1 fully saturated rings. The molecule has 5 rings (SSSR count). The van der Waals surface area contributed by atoms with Crippen molar-refractivity contribution in [2.75, 3.05) is 17.7 Å². The summed E-state index contributed by atoms with van der Waals surface area (Å²) in [6, 6.07) is 11.9. The number of halogens is 1. The number of thioether (sulfide) groups is 1. The largest absolute Gasteiger partial charge is 0.464 e. The van der Waals surface area contributed by atoms with E-state index < -0.39 is 6.04 Å². The first-order valence-corrected chi connectivity index (χ1v) is 13.7. The monoisotopic (exact) mass is 540 g/mol. The Hall–Kier alpha value is -2.32. The van der Waals surface area contributed by atoms with Gasteiger partial charge in [-0.05, 0) is 68.0 Å². The lowest BCUT2D eigenvalue weighted by Gasteiger charge is -2.26. The van der Waals surface area contributed by atoms with Crippen LogP contribution in [0.1, 0.15) is 48.1 Å². The van der Waals surface area contributed by atoms with Crippen molar-refractivity contribution in [2.45, 2.75) is 50.9 Å². The Bertz CT molecular complexity index is 1180. The predicted octanol–water partition coefficient (Wildman–Crippen LogP) is 6.00. The third-order valence-electron chi connectivity index (χ3n) is 6.64. The first-order chi connectivity index (χ1) is 16.5. The third-order valence-corrected chi connectivity index (χ3v) is 8.48. The molecule has 1 saturated carbocycles. The summed E-state index contributed by atoms with van der Waals surface area (Å²) in [6.07, 6.45) is 5.53. The summed E-state index contributed by atoms with van der Waals surface area (Å²) < 4.78 is 8.56. The van der Waals surface area contributed by atoms with Crippen molar-refractivity contribution in [3.8, 4) is 11.4 Å². The van der Waals surface area contributed by atoms with Gasteiger partial charge in [-0.2, -0.15) is 5.10 Å². The molecule has 0 saturated heterocycles. The molecule has 3 aromatic rings. The van der Waals surface area contributed by atoms with E-state index in [9.17, 15) is 4.79 Å². The molecule has 6 nitrogen and oxygen atoms in total. The Morgan fingerprint density at radius 3 is 2.82 bits per heavy atom. The van der Waals surface area contributed by atoms with E-state index in [0.29, 0.717) is 18.3 Å². The van der Waals surface area contributed by atoms with Crippen LogP contribution in [-0.2, 0) is 16.1 Å². The Morgan fingerprint density at radius 2 is 2.15 bits per heavy atom. The molecule has 2 aliphatic rings. The van der Waals surface area contributed by atoms with Gasteiger partial charge in [-0.1, -0.05) is 34.5 Å². The van der Waals surface area contributed by atoms with Crippen LogP contribution in [0.4, 0.5) is 5.82 Å². The van der Waals surface area contributed by atoms with Gasteiger partial charge < -0.3 is 10.1 Å². The number of anilines is 1. The minimum Gasteiger partial charge on any atom is -0.464 e. The molecule has 0 unspecified atom stereocenters. The second kappa shape index (κ2) is 10.1. The van der Waals surface area contributed by atoms with Crippen molar-refractivity contribution in [3.05, 3.63) is 63.8 Å². The first-order valence-electron chi connectivity index (χ1n) is 11.9. The maximum Gasteiger partial charge on any atom is 0.329 e. The van der Waals surface area contributed by atoms with Crippen LogP contribution in [0, 0.1) is 12.8 Å². The van der Waals surface area contributed by atoms with Crippen LogP contribution >= 0.6 is 27.7 Å². The minimum atomic E-state index is -0.433. The van der Waals surface area contributed by atoms with Crippen LogP contribution in [0.3, 0.4) is 0 Å². The fourth-order valence-electron chi connectivity index (χ4n) is 4.65. The van der Waals surface area contributed by atoms with E-state index >= 15 is 0 Å². The number of pyridine rings is 1. The van der Waals surface area contributed by atoms with Gasteiger partial charge in [-0.25, -0.2) is 9.48 Å². The average molecular weight is 542 g/mol. The summed E-state index contributed by atoms with van der Waals surface area (Å²) >= 11 is 5.37. The zero-order valence-corrected chi connectivity index (χ0v) is 21.9. The summed E-state index contributed by atoms with van der Waals surface area (Å²) in [4.78, 5) is 17.5. The maximum absolute atomic E-state index is 12.8. The fraction of sp³-hybridized carbons (Fsp3) is 0.423. The number of esters is 1. The summed E-state index contributed by atoms with van der Waals surface area (Å²) in [5.74, 6) is 1.93. The number of benzene rings is 1. The summed E-state index contributed by atoms with van der Waals surface area (Å²) in [6.45, 7) is 5.20. The highest BCUT2D eigenvalue weighted by molar-refractivity contribution is 9.10. The number of carbonyl (C=O) groups excluding carboxylic acids is 1. The van der Waals surface area contributed by atoms with E-state index in [2.05, 4.69) is 56.0 Å². The molecule has 8 heteroatoms. The maximum atomic E-state index is 12.8. The molecule has 178 valence electrons. The van der Waals surface area contributed by atoms with E-state index in [0.717, 1.165) is 33.8 Å². The van der Waals surface area contributed by atoms with Crippen LogP contribution in [-0.4, -0.2) is 39.1 Å². The van der Waals surface area contributed by atoms with Crippen molar-refractivity contribution < 1.29 is 9.53 Å². The topological polar surface area (TPSA) is 69.0 Å². The summed E-state index contributed by atoms with van der Waals surface area (Å²) in [5.41, 5.74) is 5.25. The molecule has 0 bridgehead atoms. The highest BCUT2D eigenvalue weighted by Gasteiger charge is 2.36. The third kappa shape index (κ3) is 4.62. The first kappa shape index (κ1) is 23.4. The molecular formula is C26H29BrN4O2S. The number of hydrogen-bond donors (Lipinski definition) is 1. The highest BCUT2D eigenvalue weighted by atomic mass is 79.9. The summed E-state index contributed by atoms with van der Waals surface area (Å²) in [5, 5.41) is 8.68. The number of aromatic nitrogens is 3. The highest BCUT2D eigenvalue weighted by Crippen LogP contribution is 2.48. The van der Waals surface area contributed by atoms with Crippen molar-refractivity contribution in [1.29, 1.82) is 0 Å². The number of nitrogens with zero attached hydrogens (tertiary/aromatic N) is 3. The van der Waals surface area contributed by atoms with E-state index in [1.807, 2.05) is 31.3 Å². The lowest BCUT2D eigenvalue weighted by Crippen LogP contribution is -2.34. The van der Waals surface area contributed by atoms with Gasteiger partial charge in [0.25, 0.3) is 0 Å². The van der Waals surface area contributed by atoms with Crippen LogP contribution in [0.15, 0.2) is 47.1 Å². The molecule has 1 aliphatic carbocycles. The van der Waals surface area contributed by atoms with Crippen LogP contribution < -0.4 is 5.32 Å². The smallest absolute Gasteiger partial charge is 0.329 e. The minimum absolute atomic E-state index is 0.0159. The number of carbonyl (C=O) groups is 1. The number of aryl methyl sites for hydroxylation is 1. The van der Waals surface area contributed by atoms with Gasteiger partial charge in [0.2, 0.25) is 0 Å². The van der Waals surface area contributed by atoms with Gasteiger partial charge in [-0.15, -0.1) is 11.8 Å². The quantitative estimate of drug-likeness (QED) is 0.387. The molecule has 2 atom stereocenters. The Labute approximate surface area is 213 Å². The van der Waals surface area contributed by atoms with Gasteiger partial charge in [0.05, 0.1) is 17.6 Å². The molecule has 1 aromatic carbocycles. The van der Waals surface area contributed by atoms with Crippen LogP contribution in [0.25, 0.3) is 11.4 Å². The van der Waals surface area contributed by atoms with Crippen molar-refractivity contribution in [3.63, 3.8) is 0 Å². The molecule has 1 aliphatic heterocycles. The van der Waals surface area contributed by atoms with E-state index in [1.54, 1.807) is 11.8 Å². The van der Waals surface area contributed by atoms with Gasteiger partial charge in [0.15, 0.2) is 0 Å².